The molecule has 5 heteroatoms. The van der Waals surface area contributed by atoms with E-state index in [1.807, 2.05) is 0 Å². The maximum Gasteiger partial charge on any atom is 0.389 e. The molecule has 0 saturated heterocycles. The van der Waals surface area contributed by atoms with Gasteiger partial charge in [0.1, 0.15) is 11.5 Å². The number of Topliss-reactive ketones (excluding diaryl/α,β-unsaturated/α-hetero) is 1. The summed E-state index contributed by atoms with van der Waals surface area (Å²) in [5.41, 5.74) is 0.913. The van der Waals surface area contributed by atoms with E-state index in [1.54, 1.807) is 31.4 Å². The highest BCUT2D eigenvalue weighted by atomic mass is 19.4. The molecule has 1 rings (SSSR count). The number of carbonyl (C=O) groups excluding carboxylic acids is 1. The third-order valence-corrected chi connectivity index (χ3v) is 2.54. The van der Waals surface area contributed by atoms with Crippen LogP contribution in [0, 0.1) is 0 Å². The maximum atomic E-state index is 11.9. The number of methoxy groups -OCH3 is 1. The minimum Gasteiger partial charge on any atom is -0.497 e. The fraction of sp³-hybridized carbons (Fsp3) is 0.462. The Morgan fingerprint density at radius 3 is 2.28 bits per heavy atom. The fourth-order valence-corrected chi connectivity index (χ4v) is 1.48. The van der Waals surface area contributed by atoms with Crippen molar-refractivity contribution < 1.29 is 22.7 Å². The molecule has 0 atom stereocenters. The van der Waals surface area contributed by atoms with Crippen molar-refractivity contribution >= 4 is 5.78 Å². The van der Waals surface area contributed by atoms with E-state index >= 15 is 0 Å². The normalized spacial score (nSPS) is 11.3. The molecule has 0 N–H and O–H groups in total. The Bertz CT molecular complexity index is 382. The number of ether oxygens (including phenoxy) is 1. The summed E-state index contributed by atoms with van der Waals surface area (Å²) in [6.45, 7) is 0. The summed E-state index contributed by atoms with van der Waals surface area (Å²) in [7, 11) is 1.55. The maximum absolute atomic E-state index is 11.9. The van der Waals surface area contributed by atoms with Crippen molar-refractivity contribution in [3.63, 3.8) is 0 Å². The van der Waals surface area contributed by atoms with Gasteiger partial charge in [-0.15, -0.1) is 0 Å². The number of carbonyl (C=O) groups is 1. The van der Waals surface area contributed by atoms with E-state index in [-0.39, 0.29) is 12.2 Å². The quantitative estimate of drug-likeness (QED) is 0.782. The van der Waals surface area contributed by atoms with Crippen LogP contribution in [0.3, 0.4) is 0 Å². The Balaban J connectivity index is 2.33. The van der Waals surface area contributed by atoms with Crippen molar-refractivity contribution in [3.8, 4) is 5.75 Å². The topological polar surface area (TPSA) is 26.3 Å². The third kappa shape index (κ3) is 5.70. The summed E-state index contributed by atoms with van der Waals surface area (Å²) in [5, 5.41) is 0. The zero-order valence-electron chi connectivity index (χ0n) is 10.1. The summed E-state index contributed by atoms with van der Waals surface area (Å²) >= 11 is 0. The van der Waals surface area contributed by atoms with E-state index < -0.39 is 19.0 Å². The van der Waals surface area contributed by atoms with Crippen LogP contribution in [0.5, 0.6) is 5.75 Å². The van der Waals surface area contributed by atoms with E-state index in [0.717, 1.165) is 5.56 Å². The van der Waals surface area contributed by atoms with Gasteiger partial charge in [0.15, 0.2) is 0 Å². The highest BCUT2D eigenvalue weighted by Gasteiger charge is 2.27. The molecule has 0 spiro atoms. The molecule has 0 fully saturated rings. The first-order valence-corrected chi connectivity index (χ1v) is 5.62. The zero-order valence-corrected chi connectivity index (χ0v) is 10.1. The minimum atomic E-state index is -4.25. The van der Waals surface area contributed by atoms with Crippen molar-refractivity contribution in [3.05, 3.63) is 29.8 Å². The van der Waals surface area contributed by atoms with Crippen LogP contribution in [-0.2, 0) is 11.2 Å². The molecule has 0 saturated carbocycles. The molecule has 1 aromatic rings. The molecule has 0 aliphatic carbocycles. The Hall–Kier alpha value is -1.52. The number of benzene rings is 1. The number of rotatable bonds is 6. The van der Waals surface area contributed by atoms with E-state index in [0.29, 0.717) is 12.2 Å². The van der Waals surface area contributed by atoms with Crippen LogP contribution in [0.2, 0.25) is 0 Å². The minimum absolute atomic E-state index is 0.141. The molecule has 0 aliphatic heterocycles. The van der Waals surface area contributed by atoms with Gasteiger partial charge in [0, 0.05) is 12.8 Å². The molecule has 1 aromatic carbocycles. The average molecular weight is 260 g/mol. The second-order valence-electron chi connectivity index (χ2n) is 4.00. The molecular weight excluding hydrogens is 245 g/mol. The van der Waals surface area contributed by atoms with Crippen molar-refractivity contribution in [1.29, 1.82) is 0 Å². The predicted octanol–water partition coefficient (Wildman–Crippen LogP) is 3.54. The largest absolute Gasteiger partial charge is 0.497 e. The van der Waals surface area contributed by atoms with Crippen molar-refractivity contribution in [2.24, 2.45) is 0 Å². The van der Waals surface area contributed by atoms with Gasteiger partial charge in [0.25, 0.3) is 0 Å². The first kappa shape index (κ1) is 14.5. The van der Waals surface area contributed by atoms with Gasteiger partial charge in [-0.2, -0.15) is 13.2 Å². The van der Waals surface area contributed by atoms with Crippen LogP contribution < -0.4 is 4.74 Å². The van der Waals surface area contributed by atoms with Crippen LogP contribution in [0.1, 0.15) is 24.8 Å². The van der Waals surface area contributed by atoms with Crippen molar-refractivity contribution in [2.45, 2.75) is 31.9 Å². The van der Waals surface area contributed by atoms with E-state index in [2.05, 4.69) is 0 Å². The molecule has 0 amide bonds. The van der Waals surface area contributed by atoms with Gasteiger partial charge in [-0.3, -0.25) is 4.79 Å². The van der Waals surface area contributed by atoms with Crippen LogP contribution in [0.15, 0.2) is 24.3 Å². The van der Waals surface area contributed by atoms with Gasteiger partial charge in [0.2, 0.25) is 0 Å². The summed E-state index contributed by atoms with van der Waals surface area (Å²) in [5.74, 6) is 0.352. The Morgan fingerprint density at radius 2 is 1.78 bits per heavy atom. The molecule has 0 radical (unpaired) electrons. The number of hydrogen-bond acceptors (Lipinski definition) is 2. The lowest BCUT2D eigenvalue weighted by molar-refractivity contribution is -0.143. The van der Waals surface area contributed by atoms with Gasteiger partial charge in [0.05, 0.1) is 13.5 Å². The van der Waals surface area contributed by atoms with Crippen molar-refractivity contribution in [1.82, 2.24) is 0 Å². The molecule has 2 nitrogen and oxygen atoms in total. The number of aryl methyl sites for hydroxylation is 1. The summed E-state index contributed by atoms with van der Waals surface area (Å²) in [4.78, 5) is 11.3. The van der Waals surface area contributed by atoms with E-state index in [1.165, 1.54) is 0 Å². The summed E-state index contributed by atoms with van der Waals surface area (Å²) in [6.07, 6.45) is -5.12. The first-order valence-electron chi connectivity index (χ1n) is 5.62. The Kier molecular flexibility index (Phi) is 5.19. The second kappa shape index (κ2) is 6.42. The summed E-state index contributed by atoms with van der Waals surface area (Å²) < 4.78 is 40.7. The smallest absolute Gasteiger partial charge is 0.389 e. The molecule has 100 valence electrons. The van der Waals surface area contributed by atoms with Gasteiger partial charge < -0.3 is 4.74 Å². The predicted molar refractivity (Wildman–Crippen MR) is 61.6 cm³/mol. The van der Waals surface area contributed by atoms with Crippen LogP contribution in [0.25, 0.3) is 0 Å². The fourth-order valence-electron chi connectivity index (χ4n) is 1.48. The standard InChI is InChI=1S/C13H15F3O2/c1-18-12-6-3-10(4-7-12)2-5-11(17)8-9-13(14,15)16/h3-4,6-7H,2,5,8-9H2,1H3. The zero-order chi connectivity index (χ0) is 13.6. The van der Waals surface area contributed by atoms with Gasteiger partial charge in [-0.25, -0.2) is 0 Å². The van der Waals surface area contributed by atoms with Gasteiger partial charge in [-0.1, -0.05) is 12.1 Å². The van der Waals surface area contributed by atoms with Crippen LogP contribution in [0.4, 0.5) is 13.2 Å². The second-order valence-corrected chi connectivity index (χ2v) is 4.00. The lowest BCUT2D eigenvalue weighted by Crippen LogP contribution is -2.11. The molecule has 0 aliphatic rings. The molecule has 0 heterocycles. The van der Waals surface area contributed by atoms with Crippen LogP contribution in [-0.4, -0.2) is 19.1 Å². The van der Waals surface area contributed by atoms with Gasteiger partial charge >= 0.3 is 6.18 Å². The SMILES string of the molecule is COc1ccc(CCC(=O)CCC(F)(F)F)cc1. The molecule has 0 unspecified atom stereocenters. The first-order chi connectivity index (χ1) is 8.40. The summed E-state index contributed by atoms with van der Waals surface area (Å²) in [6, 6.07) is 7.12. The highest BCUT2D eigenvalue weighted by Crippen LogP contribution is 2.22. The van der Waals surface area contributed by atoms with E-state index in [4.69, 9.17) is 4.74 Å². The average Bonchev–Trinajstić information content (AvgIpc) is 2.33. The monoisotopic (exact) mass is 260 g/mol. The Morgan fingerprint density at radius 1 is 1.17 bits per heavy atom. The molecule has 0 aromatic heterocycles. The third-order valence-electron chi connectivity index (χ3n) is 2.54. The number of halogens is 3. The molecule has 0 bridgehead atoms. The highest BCUT2D eigenvalue weighted by molar-refractivity contribution is 5.78. The lowest BCUT2D eigenvalue weighted by Gasteiger charge is -2.06. The lowest BCUT2D eigenvalue weighted by atomic mass is 10.0. The number of alkyl halides is 3. The Labute approximate surface area is 104 Å². The molecule has 18 heavy (non-hydrogen) atoms. The molecular formula is C13H15F3O2. The van der Waals surface area contributed by atoms with Gasteiger partial charge in [-0.05, 0) is 24.1 Å². The number of hydrogen-bond donors (Lipinski definition) is 0. The van der Waals surface area contributed by atoms with E-state index in [9.17, 15) is 18.0 Å². The van der Waals surface area contributed by atoms with Crippen molar-refractivity contribution in [2.75, 3.05) is 7.11 Å². The van der Waals surface area contributed by atoms with Crippen LogP contribution >= 0.6 is 0 Å². The number of ketones is 1.